The molecule has 1 saturated heterocycles. The van der Waals surface area contributed by atoms with Gasteiger partial charge in [-0.25, -0.2) is 4.79 Å². The molecule has 2 rings (SSSR count). The summed E-state index contributed by atoms with van der Waals surface area (Å²) in [6.07, 6.45) is 2.24. The zero-order valence-corrected chi connectivity index (χ0v) is 12.1. The molecule has 0 saturated carbocycles. The number of hydrogen-bond acceptors (Lipinski definition) is 4. The largest absolute Gasteiger partial charge is 0.479 e. The highest BCUT2D eigenvalue weighted by Gasteiger charge is 2.43. The lowest BCUT2D eigenvalue weighted by Crippen LogP contribution is -2.55. The van der Waals surface area contributed by atoms with Gasteiger partial charge in [-0.05, 0) is 24.3 Å². The maximum Gasteiger partial charge on any atom is 0.330 e. The Hall–Kier alpha value is -1.47. The summed E-state index contributed by atoms with van der Waals surface area (Å²) in [7, 11) is 1.60. The number of nitrogens with zero attached hydrogens (tertiary/aromatic N) is 1. The lowest BCUT2D eigenvalue weighted by Gasteiger charge is -2.24. The smallest absolute Gasteiger partial charge is 0.330 e. The van der Waals surface area contributed by atoms with Gasteiger partial charge in [0.2, 0.25) is 0 Å². The molecule has 1 aliphatic rings. The van der Waals surface area contributed by atoms with Crippen LogP contribution in [-0.2, 0) is 16.1 Å². The third kappa shape index (κ3) is 2.99. The number of hydrogen-bond donors (Lipinski definition) is 2. The molecule has 1 amide bonds. The molecule has 20 heavy (non-hydrogen) atoms. The van der Waals surface area contributed by atoms with Crippen molar-refractivity contribution in [2.24, 2.45) is 0 Å². The molecule has 6 nitrogen and oxygen atoms in total. The van der Waals surface area contributed by atoms with Crippen LogP contribution in [0, 0.1) is 0 Å². The minimum atomic E-state index is -1.14. The van der Waals surface area contributed by atoms with Gasteiger partial charge in [0, 0.05) is 25.6 Å². The number of nitrogens with one attached hydrogen (secondary N) is 1. The summed E-state index contributed by atoms with van der Waals surface area (Å²) < 4.78 is 6.75. The molecule has 1 aliphatic heterocycles. The number of carboxylic acids is 1. The molecule has 0 radical (unpaired) electrons. The number of carboxylic acid groups (broad SMARTS) is 1. The van der Waals surface area contributed by atoms with E-state index in [1.807, 2.05) is 0 Å². The van der Waals surface area contributed by atoms with Gasteiger partial charge in [0.15, 0.2) is 0 Å². The van der Waals surface area contributed by atoms with Gasteiger partial charge in [-0.3, -0.25) is 4.79 Å². The third-order valence-corrected chi connectivity index (χ3v) is 4.57. The summed E-state index contributed by atoms with van der Waals surface area (Å²) >= 11 is 1.54. The summed E-state index contributed by atoms with van der Waals surface area (Å²) in [6.45, 7) is 1.05. The van der Waals surface area contributed by atoms with E-state index in [2.05, 4.69) is 5.32 Å². The number of aromatic nitrogens is 1. The van der Waals surface area contributed by atoms with Crippen LogP contribution < -0.4 is 5.32 Å². The predicted octanol–water partition coefficient (Wildman–Crippen LogP) is 0.825. The minimum Gasteiger partial charge on any atom is -0.479 e. The van der Waals surface area contributed by atoms with Crippen LogP contribution in [0.25, 0.3) is 0 Å². The van der Waals surface area contributed by atoms with Gasteiger partial charge in [0.05, 0.1) is 6.61 Å². The molecular formula is C13H18N2O4S. The summed E-state index contributed by atoms with van der Waals surface area (Å²) in [4.78, 5) is 23.7. The van der Waals surface area contributed by atoms with Crippen LogP contribution in [0.15, 0.2) is 18.3 Å². The second-order valence-electron chi connectivity index (χ2n) is 4.72. The number of amides is 1. The van der Waals surface area contributed by atoms with E-state index in [1.165, 1.54) is 0 Å². The number of methoxy groups -OCH3 is 1. The van der Waals surface area contributed by atoms with Crippen LogP contribution in [0.1, 0.15) is 16.9 Å². The standard InChI is InChI=1S/C13H18N2O4S/c1-19-7-6-15-5-2-3-10(15)11(16)14-13(12(17)18)4-8-20-9-13/h2-3,5H,4,6-9H2,1H3,(H,14,16)(H,17,18). The summed E-state index contributed by atoms with van der Waals surface area (Å²) in [6, 6.07) is 3.45. The monoisotopic (exact) mass is 298 g/mol. The van der Waals surface area contributed by atoms with Gasteiger partial charge in [0.25, 0.3) is 5.91 Å². The van der Waals surface area contributed by atoms with Crippen LogP contribution in [0.2, 0.25) is 0 Å². The lowest BCUT2D eigenvalue weighted by atomic mass is 9.99. The van der Waals surface area contributed by atoms with E-state index >= 15 is 0 Å². The molecule has 2 heterocycles. The molecule has 0 spiro atoms. The average Bonchev–Trinajstić information content (AvgIpc) is 3.05. The van der Waals surface area contributed by atoms with E-state index in [0.29, 0.717) is 31.0 Å². The summed E-state index contributed by atoms with van der Waals surface area (Å²) in [5, 5.41) is 12.1. The molecule has 1 fully saturated rings. The van der Waals surface area contributed by atoms with E-state index in [1.54, 1.807) is 41.8 Å². The minimum absolute atomic E-state index is 0.351. The summed E-state index contributed by atoms with van der Waals surface area (Å²) in [5.74, 6) is -0.161. The predicted molar refractivity (Wildman–Crippen MR) is 76.1 cm³/mol. The van der Waals surface area contributed by atoms with Crippen LogP contribution in [-0.4, -0.2) is 52.3 Å². The van der Waals surface area contributed by atoms with Crippen molar-refractivity contribution in [2.45, 2.75) is 18.5 Å². The number of ether oxygens (including phenoxy) is 1. The number of carbonyl (C=O) groups is 2. The molecule has 1 aromatic heterocycles. The van der Waals surface area contributed by atoms with Gasteiger partial charge in [-0.15, -0.1) is 0 Å². The summed E-state index contributed by atoms with van der Waals surface area (Å²) in [5.41, 5.74) is -0.683. The Bertz CT molecular complexity index is 494. The average molecular weight is 298 g/mol. The Labute approximate surface area is 121 Å². The second-order valence-corrected chi connectivity index (χ2v) is 5.83. The first-order valence-corrected chi connectivity index (χ1v) is 7.52. The highest BCUT2D eigenvalue weighted by atomic mass is 32.2. The molecule has 110 valence electrons. The Balaban J connectivity index is 2.11. The van der Waals surface area contributed by atoms with Crippen molar-refractivity contribution in [2.75, 3.05) is 25.2 Å². The molecule has 1 aromatic rings. The third-order valence-electron chi connectivity index (χ3n) is 3.38. The van der Waals surface area contributed by atoms with Crippen molar-refractivity contribution in [3.63, 3.8) is 0 Å². The zero-order chi connectivity index (χ0) is 14.6. The highest BCUT2D eigenvalue weighted by molar-refractivity contribution is 7.99. The van der Waals surface area contributed by atoms with Gasteiger partial charge < -0.3 is 19.7 Å². The maximum absolute atomic E-state index is 12.3. The number of aliphatic carboxylic acids is 1. The Morgan fingerprint density at radius 2 is 2.40 bits per heavy atom. The Morgan fingerprint density at radius 1 is 1.60 bits per heavy atom. The fourth-order valence-electron chi connectivity index (χ4n) is 2.17. The van der Waals surface area contributed by atoms with E-state index in [4.69, 9.17) is 4.74 Å². The molecule has 0 aromatic carbocycles. The van der Waals surface area contributed by atoms with Gasteiger partial charge in [-0.1, -0.05) is 0 Å². The quantitative estimate of drug-likeness (QED) is 0.813. The van der Waals surface area contributed by atoms with Crippen LogP contribution in [0.3, 0.4) is 0 Å². The van der Waals surface area contributed by atoms with E-state index in [9.17, 15) is 14.7 Å². The molecule has 7 heteroatoms. The molecular weight excluding hydrogens is 280 g/mol. The van der Waals surface area contributed by atoms with Crippen LogP contribution >= 0.6 is 11.8 Å². The Morgan fingerprint density at radius 3 is 3.00 bits per heavy atom. The number of rotatable bonds is 6. The van der Waals surface area contributed by atoms with Crippen molar-refractivity contribution < 1.29 is 19.4 Å². The van der Waals surface area contributed by atoms with Gasteiger partial charge in [0.1, 0.15) is 11.2 Å². The SMILES string of the molecule is COCCn1cccc1C(=O)NC1(C(=O)O)CCSC1. The van der Waals surface area contributed by atoms with E-state index in [-0.39, 0.29) is 5.91 Å². The van der Waals surface area contributed by atoms with Crippen molar-refractivity contribution in [3.05, 3.63) is 24.0 Å². The van der Waals surface area contributed by atoms with Crippen molar-refractivity contribution >= 4 is 23.6 Å². The first-order valence-electron chi connectivity index (χ1n) is 6.37. The first-order chi connectivity index (χ1) is 9.59. The highest BCUT2D eigenvalue weighted by Crippen LogP contribution is 2.28. The van der Waals surface area contributed by atoms with Gasteiger partial charge >= 0.3 is 5.97 Å². The fraction of sp³-hybridized carbons (Fsp3) is 0.538. The van der Waals surface area contributed by atoms with Crippen LogP contribution in [0.5, 0.6) is 0 Å². The lowest BCUT2D eigenvalue weighted by molar-refractivity contribution is -0.143. The van der Waals surface area contributed by atoms with E-state index < -0.39 is 11.5 Å². The van der Waals surface area contributed by atoms with E-state index in [0.717, 1.165) is 5.75 Å². The topological polar surface area (TPSA) is 80.6 Å². The molecule has 1 atom stereocenters. The molecule has 0 aliphatic carbocycles. The second kappa shape index (κ2) is 6.32. The first kappa shape index (κ1) is 14.9. The normalized spacial score (nSPS) is 21.9. The Kier molecular flexibility index (Phi) is 4.72. The van der Waals surface area contributed by atoms with Crippen molar-refractivity contribution in [1.29, 1.82) is 0 Å². The maximum atomic E-state index is 12.3. The number of carbonyl (C=O) groups excluding carboxylic acids is 1. The fourth-order valence-corrected chi connectivity index (χ4v) is 3.50. The van der Waals surface area contributed by atoms with Crippen LogP contribution in [0.4, 0.5) is 0 Å². The van der Waals surface area contributed by atoms with Crippen molar-refractivity contribution in [3.8, 4) is 0 Å². The molecule has 0 bridgehead atoms. The van der Waals surface area contributed by atoms with Crippen molar-refractivity contribution in [1.82, 2.24) is 9.88 Å². The molecule has 2 N–H and O–H groups in total. The zero-order valence-electron chi connectivity index (χ0n) is 11.3. The van der Waals surface area contributed by atoms with Gasteiger partial charge in [-0.2, -0.15) is 11.8 Å². The number of thioether (sulfide) groups is 1. The molecule has 1 unspecified atom stereocenters.